The number of aryl methyl sites for hydroxylation is 1. The fourth-order valence-corrected chi connectivity index (χ4v) is 6.36. The van der Waals surface area contributed by atoms with Gasteiger partial charge in [0.05, 0.1) is 0 Å². The molecule has 2 atom stereocenters. The Morgan fingerprint density at radius 3 is 2.82 bits per heavy atom. The number of carboxylic acids is 1. The van der Waals surface area contributed by atoms with E-state index in [1.165, 1.54) is 17.1 Å². The number of aromatic nitrogens is 2. The monoisotopic (exact) mass is 556 g/mol. The quantitative estimate of drug-likeness (QED) is 0.0937. The molecule has 2 fully saturated rings. The third-order valence-corrected chi connectivity index (χ3v) is 8.25. The zero-order valence-corrected chi connectivity index (χ0v) is 21.5. The van der Waals surface area contributed by atoms with Gasteiger partial charge in [0, 0.05) is 29.3 Å². The lowest BCUT2D eigenvalue weighted by Crippen LogP contribution is -2.71. The molecule has 0 aromatic carbocycles. The van der Waals surface area contributed by atoms with Crippen LogP contribution in [0.4, 0.5) is 10.8 Å². The van der Waals surface area contributed by atoms with E-state index in [0.29, 0.717) is 24.1 Å². The van der Waals surface area contributed by atoms with Gasteiger partial charge < -0.3 is 26.3 Å². The van der Waals surface area contributed by atoms with Crippen LogP contribution in [0.1, 0.15) is 12.1 Å². The number of rotatable bonds is 6. The molecule has 13 nitrogen and oxygen atoms in total. The van der Waals surface area contributed by atoms with Gasteiger partial charge in [0.25, 0.3) is 17.7 Å². The average Bonchev–Trinajstić information content (AvgIpc) is 3.47. The summed E-state index contributed by atoms with van der Waals surface area (Å²) in [4.78, 5) is 57.6. The smallest absolute Gasteiger partial charge is 0.352 e. The van der Waals surface area contributed by atoms with Gasteiger partial charge in [-0.15, -0.1) is 23.1 Å². The summed E-state index contributed by atoms with van der Waals surface area (Å²) in [7, 11) is 1.85. The number of nitrogens with zero attached hydrogens (tertiary/aromatic N) is 5. The molecule has 5 heterocycles. The van der Waals surface area contributed by atoms with Crippen LogP contribution in [0.15, 0.2) is 58.0 Å². The second-order valence-electron chi connectivity index (χ2n) is 8.66. The molecule has 3 amide bonds. The maximum absolute atomic E-state index is 13.1. The number of pyridine rings is 1. The second-order valence-corrected chi connectivity index (χ2v) is 10.7. The fourth-order valence-electron chi connectivity index (χ4n) is 4.51. The zero-order chi connectivity index (χ0) is 27.1. The van der Waals surface area contributed by atoms with Crippen molar-refractivity contribution in [1.29, 1.82) is 0 Å². The normalized spacial score (nSPS) is 22.6. The number of nitrogen functional groups attached to an aromatic ring is 1. The molecule has 15 heteroatoms. The Labute approximate surface area is 223 Å². The van der Waals surface area contributed by atoms with Crippen LogP contribution in [-0.4, -0.2) is 73.3 Å². The van der Waals surface area contributed by atoms with Crippen molar-refractivity contribution in [2.24, 2.45) is 12.2 Å². The minimum atomic E-state index is -1.31. The van der Waals surface area contributed by atoms with Crippen molar-refractivity contribution in [2.75, 3.05) is 22.9 Å². The van der Waals surface area contributed by atoms with Gasteiger partial charge in [-0.3, -0.25) is 19.3 Å². The van der Waals surface area contributed by atoms with Gasteiger partial charge in [0.1, 0.15) is 35.5 Å². The van der Waals surface area contributed by atoms with Crippen molar-refractivity contribution in [3.05, 3.63) is 58.5 Å². The van der Waals surface area contributed by atoms with Gasteiger partial charge in [-0.2, -0.15) is 0 Å². The number of carboxylic acid groups (broad SMARTS) is 1. The molecule has 0 aliphatic carbocycles. The van der Waals surface area contributed by atoms with Crippen molar-refractivity contribution >= 4 is 63.3 Å². The first kappa shape index (κ1) is 25.4. The molecule has 2 aromatic rings. The summed E-state index contributed by atoms with van der Waals surface area (Å²) in [6, 6.07) is 2.62. The molecule has 38 heavy (non-hydrogen) atoms. The van der Waals surface area contributed by atoms with Crippen molar-refractivity contribution in [3.8, 4) is 0 Å². The van der Waals surface area contributed by atoms with Crippen LogP contribution >= 0.6 is 23.1 Å². The maximum Gasteiger partial charge on any atom is 0.352 e. The summed E-state index contributed by atoms with van der Waals surface area (Å²) in [6.07, 6.45) is 5.67. The lowest BCUT2D eigenvalue weighted by atomic mass is 10.0. The van der Waals surface area contributed by atoms with Gasteiger partial charge in [-0.1, -0.05) is 5.16 Å². The highest BCUT2D eigenvalue weighted by atomic mass is 32.2. The van der Waals surface area contributed by atoms with Gasteiger partial charge >= 0.3 is 5.97 Å². The molecule has 0 saturated carbocycles. The van der Waals surface area contributed by atoms with Crippen molar-refractivity contribution < 1.29 is 34.1 Å². The van der Waals surface area contributed by atoms with Crippen LogP contribution in [0.3, 0.4) is 0 Å². The number of thiazole rings is 1. The first-order valence-corrected chi connectivity index (χ1v) is 13.3. The molecule has 2 aromatic heterocycles. The fraction of sp³-hybridized carbons (Fsp3) is 0.261. The molecule has 0 radical (unpaired) electrons. The Hall–Kier alpha value is -4.24. The SMILES string of the molecule is C[n+]1cccc(N2CCC(=CC3=C(C(=O)O)N4C(=O)[C@@H](NC(=O)/C(=N\O)c5csc(N)n5)[C@H]4SC3)C2=O)c1. The Morgan fingerprint density at radius 2 is 2.16 bits per heavy atom. The molecule has 3 aliphatic rings. The summed E-state index contributed by atoms with van der Waals surface area (Å²) in [5.41, 5.74) is 6.51. The number of carbonyl (C=O) groups excluding carboxylic acids is 3. The number of β-lactam (4-membered cyclic amide) rings is 1. The van der Waals surface area contributed by atoms with E-state index >= 15 is 0 Å². The first-order valence-electron chi connectivity index (χ1n) is 11.3. The lowest BCUT2D eigenvalue weighted by Gasteiger charge is -2.49. The van der Waals surface area contributed by atoms with Crippen LogP contribution in [0.2, 0.25) is 0 Å². The minimum absolute atomic E-state index is 0.0481. The molecule has 5 N–H and O–H groups in total. The van der Waals surface area contributed by atoms with E-state index in [2.05, 4.69) is 15.5 Å². The summed E-state index contributed by atoms with van der Waals surface area (Å²) in [6.45, 7) is 0.455. The Morgan fingerprint density at radius 1 is 1.37 bits per heavy atom. The minimum Gasteiger partial charge on any atom is -0.477 e. The Bertz CT molecular complexity index is 1470. The molecule has 3 aliphatic heterocycles. The third kappa shape index (κ3) is 4.39. The summed E-state index contributed by atoms with van der Waals surface area (Å²) in [5, 5.41) is 25.6. The van der Waals surface area contributed by atoms with E-state index in [0.717, 1.165) is 21.9 Å². The van der Waals surface area contributed by atoms with Gasteiger partial charge in [-0.25, -0.2) is 14.3 Å². The van der Waals surface area contributed by atoms with Crippen molar-refractivity contribution in [1.82, 2.24) is 15.2 Å². The number of nitrogens with two attached hydrogens (primary N) is 1. The maximum atomic E-state index is 13.1. The van der Waals surface area contributed by atoms with Gasteiger partial charge in [0.15, 0.2) is 23.2 Å². The molecule has 196 valence electrons. The number of thioether (sulfide) groups is 1. The number of anilines is 2. The largest absolute Gasteiger partial charge is 0.477 e. The van der Waals surface area contributed by atoms with Crippen molar-refractivity contribution in [3.63, 3.8) is 0 Å². The van der Waals surface area contributed by atoms with Gasteiger partial charge in [-0.05, 0) is 24.1 Å². The van der Waals surface area contributed by atoms with Crippen LogP contribution in [-0.2, 0) is 26.2 Å². The molecule has 5 rings (SSSR count). The standard InChI is InChI=1S/C23H21N7O6S2/c1-28-5-2-3-13(8-28)29-6-4-11(19(29)32)7-12-9-37-21-16(20(33)30(21)17(12)22(34)35)26-18(31)15(27-36)14-10-38-23(24)25-14/h2-3,5,7-8,10,16,21H,4,6,9H2,1H3,(H4-,24,25,26,31,34,35,36)/p+1/t16-,21-/m1/s1. The molecular weight excluding hydrogens is 534 g/mol. The highest BCUT2D eigenvalue weighted by molar-refractivity contribution is 8.00. The number of fused-ring (bicyclic) bond motifs is 1. The zero-order valence-electron chi connectivity index (χ0n) is 19.9. The number of oxime groups is 1. The lowest BCUT2D eigenvalue weighted by molar-refractivity contribution is -0.670. The number of hydrogen-bond donors (Lipinski definition) is 4. The number of hydrogen-bond acceptors (Lipinski definition) is 10. The first-order chi connectivity index (χ1) is 18.2. The molecule has 0 spiro atoms. The highest BCUT2D eigenvalue weighted by Crippen LogP contribution is 2.41. The van der Waals surface area contributed by atoms with Crippen LogP contribution in [0.25, 0.3) is 0 Å². The summed E-state index contributed by atoms with van der Waals surface area (Å²) < 4.78 is 1.83. The van der Waals surface area contributed by atoms with Gasteiger partial charge in [0.2, 0.25) is 0 Å². The van der Waals surface area contributed by atoms with E-state index < -0.39 is 34.9 Å². The molecule has 2 saturated heterocycles. The summed E-state index contributed by atoms with van der Waals surface area (Å²) >= 11 is 2.31. The molecule has 0 unspecified atom stereocenters. The molecule has 0 bridgehead atoms. The summed E-state index contributed by atoms with van der Waals surface area (Å²) in [5.74, 6) is -2.80. The highest BCUT2D eigenvalue weighted by Gasteiger charge is 2.54. The van der Waals surface area contributed by atoms with E-state index in [-0.39, 0.29) is 28.2 Å². The number of amides is 3. The third-order valence-electron chi connectivity index (χ3n) is 6.28. The molecular formula is C23H22N7O6S2+. The van der Waals surface area contributed by atoms with Crippen LogP contribution in [0, 0.1) is 0 Å². The Balaban J connectivity index is 1.35. The average molecular weight is 557 g/mol. The predicted molar refractivity (Wildman–Crippen MR) is 137 cm³/mol. The Kier molecular flexibility index (Phi) is 6.62. The van der Waals surface area contributed by atoms with Crippen molar-refractivity contribution in [2.45, 2.75) is 17.8 Å². The number of aliphatic carboxylic acids is 1. The van der Waals surface area contributed by atoms with E-state index in [1.54, 1.807) is 11.0 Å². The van der Waals surface area contributed by atoms with Crippen LogP contribution < -0.4 is 20.5 Å². The second kappa shape index (κ2) is 9.90. The number of nitrogens with one attached hydrogen (secondary N) is 1. The van der Waals surface area contributed by atoms with E-state index in [1.807, 2.05) is 36.1 Å². The topological polar surface area (TPSA) is 182 Å². The van der Waals surface area contributed by atoms with Crippen LogP contribution in [0.5, 0.6) is 0 Å². The van der Waals surface area contributed by atoms with E-state index in [4.69, 9.17) is 5.73 Å². The number of allylic oxidation sites excluding steroid dienone is 1. The predicted octanol–water partition coefficient (Wildman–Crippen LogP) is -0.170. The van der Waals surface area contributed by atoms with E-state index in [9.17, 15) is 29.5 Å². The number of carbonyl (C=O) groups is 4.